The molecule has 4 heteroatoms. The largest absolute Gasteiger partial charge is 0.346 e. The van der Waals surface area contributed by atoms with Crippen LogP contribution in [0.25, 0.3) is 0 Å². The lowest BCUT2D eigenvalue weighted by Gasteiger charge is -2.39. The van der Waals surface area contributed by atoms with Crippen molar-refractivity contribution in [1.82, 2.24) is 5.32 Å². The monoisotopic (exact) mass is 343 g/mol. The molecule has 1 aromatic carbocycles. The SMILES string of the molecule is CC1CCCC(CBr)(NC(=O)c2cccc(Cl)c2)C1. The first-order chi connectivity index (χ1) is 9.04. The van der Waals surface area contributed by atoms with E-state index in [-0.39, 0.29) is 11.4 Å². The molecule has 1 saturated carbocycles. The zero-order valence-electron chi connectivity index (χ0n) is 11.1. The predicted octanol–water partition coefficient (Wildman–Crippen LogP) is 4.41. The number of rotatable bonds is 3. The van der Waals surface area contributed by atoms with Crippen molar-refractivity contribution in [2.75, 3.05) is 5.33 Å². The fourth-order valence-corrected chi connectivity index (χ4v) is 3.71. The third-order valence-corrected chi connectivity index (χ3v) is 5.12. The molecule has 1 aromatic rings. The van der Waals surface area contributed by atoms with Crippen LogP contribution in [-0.4, -0.2) is 16.8 Å². The normalized spacial score (nSPS) is 27.0. The molecular weight excluding hydrogens is 326 g/mol. The maximum absolute atomic E-state index is 12.3. The molecule has 1 aliphatic carbocycles. The molecule has 0 radical (unpaired) electrons. The molecule has 0 spiro atoms. The van der Waals surface area contributed by atoms with Crippen molar-refractivity contribution in [1.29, 1.82) is 0 Å². The van der Waals surface area contributed by atoms with E-state index in [0.717, 1.165) is 18.2 Å². The summed E-state index contributed by atoms with van der Waals surface area (Å²) in [7, 11) is 0. The van der Waals surface area contributed by atoms with E-state index in [4.69, 9.17) is 11.6 Å². The van der Waals surface area contributed by atoms with E-state index >= 15 is 0 Å². The summed E-state index contributed by atoms with van der Waals surface area (Å²) in [5.74, 6) is 0.627. The molecule has 2 atom stereocenters. The molecule has 0 aromatic heterocycles. The van der Waals surface area contributed by atoms with Crippen LogP contribution in [0.3, 0.4) is 0 Å². The number of hydrogen-bond acceptors (Lipinski definition) is 1. The molecule has 2 rings (SSSR count). The standard InChI is InChI=1S/C15H19BrClNO/c1-11-4-3-7-15(9-11,10-16)18-14(19)12-5-2-6-13(17)8-12/h2,5-6,8,11H,3-4,7,9-10H2,1H3,(H,18,19). The number of amides is 1. The van der Waals surface area contributed by atoms with Crippen LogP contribution in [0.1, 0.15) is 43.0 Å². The molecule has 1 aliphatic rings. The van der Waals surface area contributed by atoms with Crippen LogP contribution in [-0.2, 0) is 0 Å². The van der Waals surface area contributed by atoms with Gasteiger partial charge in [-0.3, -0.25) is 4.79 Å². The Hall–Kier alpha value is -0.540. The van der Waals surface area contributed by atoms with E-state index in [0.29, 0.717) is 16.5 Å². The number of carbonyl (C=O) groups is 1. The van der Waals surface area contributed by atoms with Crippen molar-refractivity contribution in [3.63, 3.8) is 0 Å². The van der Waals surface area contributed by atoms with Gasteiger partial charge in [0.2, 0.25) is 0 Å². The van der Waals surface area contributed by atoms with Gasteiger partial charge in [-0.05, 0) is 37.0 Å². The number of nitrogens with one attached hydrogen (secondary N) is 1. The average Bonchev–Trinajstić information content (AvgIpc) is 2.38. The minimum Gasteiger partial charge on any atom is -0.346 e. The summed E-state index contributed by atoms with van der Waals surface area (Å²) in [5.41, 5.74) is 0.517. The van der Waals surface area contributed by atoms with Gasteiger partial charge in [-0.2, -0.15) is 0 Å². The molecule has 0 bridgehead atoms. The van der Waals surface area contributed by atoms with Gasteiger partial charge >= 0.3 is 0 Å². The minimum absolute atomic E-state index is 0.0314. The molecule has 1 amide bonds. The quantitative estimate of drug-likeness (QED) is 0.808. The van der Waals surface area contributed by atoms with E-state index in [1.165, 1.54) is 12.8 Å². The molecule has 2 nitrogen and oxygen atoms in total. The Kier molecular flexibility index (Phi) is 4.91. The topological polar surface area (TPSA) is 29.1 Å². The number of benzene rings is 1. The van der Waals surface area contributed by atoms with Gasteiger partial charge in [0.1, 0.15) is 0 Å². The van der Waals surface area contributed by atoms with Gasteiger partial charge in [-0.15, -0.1) is 0 Å². The maximum atomic E-state index is 12.3. The third-order valence-electron chi connectivity index (χ3n) is 3.81. The van der Waals surface area contributed by atoms with Crippen molar-refractivity contribution in [2.45, 2.75) is 38.1 Å². The van der Waals surface area contributed by atoms with Crippen LogP contribution in [0.4, 0.5) is 0 Å². The van der Waals surface area contributed by atoms with Crippen LogP contribution < -0.4 is 5.32 Å². The highest BCUT2D eigenvalue weighted by atomic mass is 79.9. The fourth-order valence-electron chi connectivity index (χ4n) is 2.87. The Morgan fingerprint density at radius 2 is 2.37 bits per heavy atom. The Labute approximate surface area is 128 Å². The minimum atomic E-state index is -0.114. The first-order valence-corrected chi connectivity index (χ1v) is 8.19. The number of carbonyl (C=O) groups excluding carboxylic acids is 1. The summed E-state index contributed by atoms with van der Waals surface area (Å²) in [6.45, 7) is 2.25. The van der Waals surface area contributed by atoms with Gasteiger partial charge in [0.05, 0.1) is 5.54 Å². The van der Waals surface area contributed by atoms with E-state index in [1.807, 2.05) is 6.07 Å². The van der Waals surface area contributed by atoms with Crippen LogP contribution in [0.2, 0.25) is 5.02 Å². The second kappa shape index (κ2) is 6.27. The molecule has 1 fully saturated rings. The van der Waals surface area contributed by atoms with Crippen molar-refractivity contribution >= 4 is 33.4 Å². The average molecular weight is 345 g/mol. The number of hydrogen-bond donors (Lipinski definition) is 1. The van der Waals surface area contributed by atoms with Gasteiger partial charge in [0.15, 0.2) is 0 Å². The molecule has 1 N–H and O–H groups in total. The predicted molar refractivity (Wildman–Crippen MR) is 83.1 cm³/mol. The summed E-state index contributed by atoms with van der Waals surface area (Å²) >= 11 is 9.50. The van der Waals surface area contributed by atoms with Gasteiger partial charge in [0.25, 0.3) is 5.91 Å². The van der Waals surface area contributed by atoms with Gasteiger partial charge < -0.3 is 5.32 Å². The Morgan fingerprint density at radius 3 is 3.00 bits per heavy atom. The third kappa shape index (κ3) is 3.73. The molecule has 2 unspecified atom stereocenters. The number of alkyl halides is 1. The smallest absolute Gasteiger partial charge is 0.251 e. The molecule has 104 valence electrons. The van der Waals surface area contributed by atoms with E-state index < -0.39 is 0 Å². The van der Waals surface area contributed by atoms with Crippen molar-refractivity contribution < 1.29 is 4.79 Å². The molecular formula is C15H19BrClNO. The highest BCUT2D eigenvalue weighted by Gasteiger charge is 2.35. The van der Waals surface area contributed by atoms with Crippen molar-refractivity contribution in [3.05, 3.63) is 34.9 Å². The van der Waals surface area contributed by atoms with Crippen molar-refractivity contribution in [2.24, 2.45) is 5.92 Å². The van der Waals surface area contributed by atoms with Crippen LogP contribution in [0, 0.1) is 5.92 Å². The van der Waals surface area contributed by atoms with Gasteiger partial charge in [-0.1, -0.05) is 53.4 Å². The molecule has 0 saturated heterocycles. The Balaban J connectivity index is 2.12. The van der Waals surface area contributed by atoms with Crippen LogP contribution in [0.5, 0.6) is 0 Å². The second-order valence-electron chi connectivity index (χ2n) is 5.58. The summed E-state index contributed by atoms with van der Waals surface area (Å²) in [5, 5.41) is 4.61. The van der Waals surface area contributed by atoms with E-state index in [9.17, 15) is 4.79 Å². The summed E-state index contributed by atoms with van der Waals surface area (Å²) in [6, 6.07) is 7.10. The zero-order chi connectivity index (χ0) is 13.9. The van der Waals surface area contributed by atoms with Crippen molar-refractivity contribution in [3.8, 4) is 0 Å². The lowest BCUT2D eigenvalue weighted by atomic mass is 9.77. The summed E-state index contributed by atoms with van der Waals surface area (Å²) < 4.78 is 0. The fraction of sp³-hybridized carbons (Fsp3) is 0.533. The zero-order valence-corrected chi connectivity index (χ0v) is 13.4. The molecule has 19 heavy (non-hydrogen) atoms. The van der Waals surface area contributed by atoms with Crippen LogP contribution >= 0.6 is 27.5 Å². The Bertz CT molecular complexity index is 465. The van der Waals surface area contributed by atoms with Gasteiger partial charge in [0, 0.05) is 15.9 Å². The number of halogens is 2. The lowest BCUT2D eigenvalue weighted by molar-refractivity contribution is 0.0869. The van der Waals surface area contributed by atoms with Crippen LogP contribution in [0.15, 0.2) is 24.3 Å². The highest BCUT2D eigenvalue weighted by Crippen LogP contribution is 2.33. The summed E-state index contributed by atoms with van der Waals surface area (Å²) in [6.07, 6.45) is 4.49. The first kappa shape index (κ1) is 14.9. The van der Waals surface area contributed by atoms with Gasteiger partial charge in [-0.25, -0.2) is 0 Å². The van der Waals surface area contributed by atoms with E-state index in [1.54, 1.807) is 18.2 Å². The first-order valence-electron chi connectivity index (χ1n) is 6.69. The maximum Gasteiger partial charge on any atom is 0.251 e. The summed E-state index contributed by atoms with van der Waals surface area (Å²) in [4.78, 5) is 12.3. The molecule has 0 aliphatic heterocycles. The lowest BCUT2D eigenvalue weighted by Crippen LogP contribution is -2.52. The second-order valence-corrected chi connectivity index (χ2v) is 6.58. The van der Waals surface area contributed by atoms with E-state index in [2.05, 4.69) is 28.2 Å². The molecule has 0 heterocycles. The Morgan fingerprint density at radius 1 is 1.58 bits per heavy atom. The highest BCUT2D eigenvalue weighted by molar-refractivity contribution is 9.09.